The van der Waals surface area contributed by atoms with Gasteiger partial charge in [0.25, 0.3) is 0 Å². The maximum atomic E-state index is 12.1. The molecule has 0 spiro atoms. The average Bonchev–Trinajstić information content (AvgIpc) is 2.81. The van der Waals surface area contributed by atoms with Crippen LogP contribution in [-0.2, 0) is 15.0 Å². The predicted molar refractivity (Wildman–Crippen MR) is 145 cm³/mol. The minimum atomic E-state index is -0.652. The summed E-state index contributed by atoms with van der Waals surface area (Å²) in [7, 11) is 0. The SMILES string of the molecule is C[C@@H](O)CO/N=C1\c2cc(OC3CCC(NC(=O)OC(C)(C)C)CC3)ccc2-c2ncnc(N)c2C1(C)C. The zero-order valence-electron chi connectivity index (χ0n) is 23.1. The molecule has 1 atom stereocenters. The van der Waals surface area contributed by atoms with Gasteiger partial charge in [0.05, 0.1) is 23.6 Å². The molecule has 1 fully saturated rings. The molecule has 0 aliphatic heterocycles. The Hall–Kier alpha value is -3.40. The number of nitrogens with two attached hydrogens (primary N) is 1. The molecule has 0 radical (unpaired) electrons. The van der Waals surface area contributed by atoms with Crippen molar-refractivity contribution in [3.05, 3.63) is 35.7 Å². The van der Waals surface area contributed by atoms with E-state index >= 15 is 0 Å². The first kappa shape index (κ1) is 27.6. The number of anilines is 1. The number of nitrogen functional groups attached to an aromatic ring is 1. The molecule has 4 rings (SSSR count). The Bertz CT molecular complexity index is 1200. The van der Waals surface area contributed by atoms with Crippen molar-refractivity contribution < 1.29 is 24.2 Å². The molecule has 1 aromatic heterocycles. The van der Waals surface area contributed by atoms with Crippen LogP contribution in [0.1, 0.15) is 78.4 Å². The van der Waals surface area contributed by atoms with E-state index in [-0.39, 0.29) is 24.8 Å². The number of fused-ring (bicyclic) bond motifs is 3. The number of amides is 1. The molecule has 4 N–H and O–H groups in total. The van der Waals surface area contributed by atoms with Crippen molar-refractivity contribution in [1.29, 1.82) is 0 Å². The number of alkyl carbamates (subject to hydrolysis) is 1. The monoisotopic (exact) mass is 525 g/mol. The Balaban J connectivity index is 1.53. The van der Waals surface area contributed by atoms with Crippen LogP contribution in [0.2, 0.25) is 0 Å². The standard InChI is InChI=1S/C28H39N5O5/c1-16(34)14-36-33-24-21-13-19(11-12-20(21)23-22(28(24,5)6)25(29)31-15-30-23)37-18-9-7-17(8-10-18)32-26(35)38-27(2,3)4/h11-13,15-18,34H,7-10,14H2,1-6H3,(H,32,35)(H2,29,30,31)/b33-24+/t16-,17?,18?/m1/s1. The second-order valence-corrected chi connectivity index (χ2v) is 11.6. The third-order valence-electron chi connectivity index (χ3n) is 6.76. The second kappa shape index (κ2) is 10.8. The summed E-state index contributed by atoms with van der Waals surface area (Å²) in [4.78, 5) is 26.4. The minimum absolute atomic E-state index is 0.0264. The number of rotatable bonds is 6. The zero-order chi connectivity index (χ0) is 27.7. The number of aliphatic hydroxyl groups is 1. The van der Waals surface area contributed by atoms with E-state index in [1.807, 2.05) is 52.8 Å². The van der Waals surface area contributed by atoms with Crippen LogP contribution >= 0.6 is 0 Å². The molecule has 38 heavy (non-hydrogen) atoms. The summed E-state index contributed by atoms with van der Waals surface area (Å²) in [5.74, 6) is 1.11. The third kappa shape index (κ3) is 6.18. The van der Waals surface area contributed by atoms with Gasteiger partial charge in [-0.3, -0.25) is 0 Å². The maximum Gasteiger partial charge on any atom is 0.407 e. The molecule has 10 heteroatoms. The number of aliphatic hydroxyl groups excluding tert-OH is 1. The first-order valence-electron chi connectivity index (χ1n) is 13.2. The number of aromatic nitrogens is 2. The Morgan fingerprint density at radius 3 is 2.58 bits per heavy atom. The zero-order valence-corrected chi connectivity index (χ0v) is 23.1. The summed E-state index contributed by atoms with van der Waals surface area (Å²) in [6.07, 6.45) is 3.71. The molecule has 10 nitrogen and oxygen atoms in total. The van der Waals surface area contributed by atoms with Gasteiger partial charge in [-0.15, -0.1) is 0 Å². The molecule has 1 heterocycles. The minimum Gasteiger partial charge on any atom is -0.490 e. The molecule has 2 aliphatic rings. The number of ether oxygens (including phenoxy) is 2. The van der Waals surface area contributed by atoms with Crippen LogP contribution in [0.4, 0.5) is 10.6 Å². The molecule has 0 unspecified atom stereocenters. The average molecular weight is 526 g/mol. The first-order chi connectivity index (χ1) is 17.8. The van der Waals surface area contributed by atoms with Gasteiger partial charge in [-0.25, -0.2) is 14.8 Å². The Kier molecular flexibility index (Phi) is 7.83. The van der Waals surface area contributed by atoms with Crippen molar-refractivity contribution in [2.75, 3.05) is 12.3 Å². The Morgan fingerprint density at radius 2 is 1.92 bits per heavy atom. The molecule has 2 aliphatic carbocycles. The Labute approximate surface area is 224 Å². The molecular weight excluding hydrogens is 486 g/mol. The van der Waals surface area contributed by atoms with E-state index in [1.54, 1.807) is 6.92 Å². The fourth-order valence-corrected chi connectivity index (χ4v) is 5.04. The van der Waals surface area contributed by atoms with Crippen LogP contribution in [0.25, 0.3) is 11.3 Å². The summed E-state index contributed by atoms with van der Waals surface area (Å²) < 4.78 is 11.8. The molecule has 1 aromatic carbocycles. The highest BCUT2D eigenvalue weighted by molar-refractivity contribution is 6.15. The van der Waals surface area contributed by atoms with Crippen LogP contribution in [0.15, 0.2) is 29.7 Å². The van der Waals surface area contributed by atoms with Crippen molar-refractivity contribution in [3.8, 4) is 17.0 Å². The summed E-state index contributed by atoms with van der Waals surface area (Å²) in [6.45, 7) is 11.3. The van der Waals surface area contributed by atoms with E-state index in [0.29, 0.717) is 11.5 Å². The number of carbonyl (C=O) groups is 1. The normalized spacial score (nSPS) is 22.1. The van der Waals surface area contributed by atoms with Crippen LogP contribution in [0.3, 0.4) is 0 Å². The molecule has 1 saturated carbocycles. The van der Waals surface area contributed by atoms with E-state index in [0.717, 1.165) is 53.8 Å². The van der Waals surface area contributed by atoms with Gasteiger partial charge < -0.3 is 30.5 Å². The smallest absolute Gasteiger partial charge is 0.407 e. The van der Waals surface area contributed by atoms with Gasteiger partial charge >= 0.3 is 6.09 Å². The number of hydrogen-bond donors (Lipinski definition) is 3. The van der Waals surface area contributed by atoms with Crippen LogP contribution in [0, 0.1) is 0 Å². The predicted octanol–water partition coefficient (Wildman–Crippen LogP) is 4.33. The van der Waals surface area contributed by atoms with E-state index in [1.165, 1.54) is 6.33 Å². The second-order valence-electron chi connectivity index (χ2n) is 11.6. The van der Waals surface area contributed by atoms with Crippen molar-refractivity contribution in [3.63, 3.8) is 0 Å². The third-order valence-corrected chi connectivity index (χ3v) is 6.76. The van der Waals surface area contributed by atoms with Gasteiger partial charge in [0, 0.05) is 28.1 Å². The topological polar surface area (TPSA) is 141 Å². The van der Waals surface area contributed by atoms with E-state index in [4.69, 9.17) is 20.0 Å². The van der Waals surface area contributed by atoms with Gasteiger partial charge in [0.2, 0.25) is 0 Å². The number of hydrogen-bond acceptors (Lipinski definition) is 9. The lowest BCUT2D eigenvalue weighted by atomic mass is 9.70. The number of oxime groups is 1. The van der Waals surface area contributed by atoms with E-state index in [2.05, 4.69) is 20.4 Å². The molecule has 0 saturated heterocycles. The largest absolute Gasteiger partial charge is 0.490 e. The lowest BCUT2D eigenvalue weighted by Crippen LogP contribution is -2.42. The molecular formula is C28H39N5O5. The highest BCUT2D eigenvalue weighted by Gasteiger charge is 2.41. The van der Waals surface area contributed by atoms with Crippen molar-refractivity contribution >= 4 is 17.6 Å². The molecule has 1 amide bonds. The van der Waals surface area contributed by atoms with Gasteiger partial charge in [0.1, 0.15) is 30.1 Å². The fourth-order valence-electron chi connectivity index (χ4n) is 5.04. The van der Waals surface area contributed by atoms with Gasteiger partial charge in [-0.2, -0.15) is 0 Å². The highest BCUT2D eigenvalue weighted by Crippen LogP contribution is 2.45. The van der Waals surface area contributed by atoms with Gasteiger partial charge in [-0.05, 0) is 85.4 Å². The maximum absolute atomic E-state index is 12.1. The van der Waals surface area contributed by atoms with Crippen molar-refractivity contribution in [2.45, 2.75) is 96.5 Å². The quantitative estimate of drug-likeness (QED) is 0.473. The summed E-state index contributed by atoms with van der Waals surface area (Å²) in [5.41, 5.74) is 9.04. The number of carbonyl (C=O) groups excluding carboxylic acids is 1. The van der Waals surface area contributed by atoms with Crippen LogP contribution in [-0.4, -0.2) is 57.3 Å². The lowest BCUT2D eigenvalue weighted by molar-refractivity contribution is 0.0470. The molecule has 2 aromatic rings. The Morgan fingerprint density at radius 1 is 1.21 bits per heavy atom. The van der Waals surface area contributed by atoms with Gasteiger partial charge in [0.15, 0.2) is 0 Å². The lowest BCUT2D eigenvalue weighted by Gasteiger charge is -2.35. The highest BCUT2D eigenvalue weighted by atomic mass is 16.6. The number of nitrogens with zero attached hydrogens (tertiary/aromatic N) is 3. The fraction of sp³-hybridized carbons (Fsp3) is 0.571. The summed E-state index contributed by atoms with van der Waals surface area (Å²) in [6, 6.07) is 5.93. The van der Waals surface area contributed by atoms with Gasteiger partial charge in [-0.1, -0.05) is 5.16 Å². The van der Waals surface area contributed by atoms with E-state index < -0.39 is 17.1 Å². The van der Waals surface area contributed by atoms with Crippen molar-refractivity contribution in [2.24, 2.45) is 5.16 Å². The van der Waals surface area contributed by atoms with Crippen LogP contribution in [0.5, 0.6) is 5.75 Å². The van der Waals surface area contributed by atoms with E-state index in [9.17, 15) is 9.90 Å². The number of nitrogens with one attached hydrogen (secondary N) is 1. The van der Waals surface area contributed by atoms with Crippen LogP contribution < -0.4 is 15.8 Å². The summed E-state index contributed by atoms with van der Waals surface area (Å²) in [5, 5.41) is 17.1. The first-order valence-corrected chi connectivity index (χ1v) is 13.2. The molecule has 206 valence electrons. The number of benzene rings is 1. The summed E-state index contributed by atoms with van der Waals surface area (Å²) >= 11 is 0. The van der Waals surface area contributed by atoms with Crippen molar-refractivity contribution in [1.82, 2.24) is 15.3 Å². The molecule has 0 bridgehead atoms.